The summed E-state index contributed by atoms with van der Waals surface area (Å²) in [6, 6.07) is 5.23. The topological polar surface area (TPSA) is 38.9 Å². The molecule has 0 aliphatic carbocycles. The number of benzene rings is 1. The molecule has 2 N–H and O–H groups in total. The minimum atomic E-state index is -0.181. The lowest BCUT2D eigenvalue weighted by Crippen LogP contribution is -1.95. The molecule has 2 nitrogen and oxygen atoms in total. The van der Waals surface area contributed by atoms with Gasteiger partial charge in [0.15, 0.2) is 0 Å². The normalized spacial score (nSPS) is 10.7. The summed E-state index contributed by atoms with van der Waals surface area (Å²) in [7, 11) is 0. The van der Waals surface area contributed by atoms with Crippen molar-refractivity contribution in [3.8, 4) is 0 Å². The first-order valence-electron chi connectivity index (χ1n) is 4.55. The van der Waals surface area contributed by atoms with Gasteiger partial charge in [0.2, 0.25) is 0 Å². The van der Waals surface area contributed by atoms with Crippen LogP contribution in [0.1, 0.15) is 12.5 Å². The minimum Gasteiger partial charge on any atom is -0.383 e. The van der Waals surface area contributed by atoms with Crippen molar-refractivity contribution in [2.24, 2.45) is 0 Å². The summed E-state index contributed by atoms with van der Waals surface area (Å²) in [5.41, 5.74) is 6.35. The molecule has 0 fully saturated rings. The number of pyridine rings is 1. The molecule has 3 heteroatoms. The van der Waals surface area contributed by atoms with Crippen LogP contribution in [0.3, 0.4) is 0 Å². The van der Waals surface area contributed by atoms with E-state index in [4.69, 9.17) is 5.73 Å². The number of rotatable bonds is 1. The number of hydrogen-bond donors (Lipinski definition) is 1. The third kappa shape index (κ3) is 1.21. The molecule has 0 aliphatic heterocycles. The fraction of sp³-hybridized carbons (Fsp3) is 0.182. The van der Waals surface area contributed by atoms with E-state index in [1.54, 1.807) is 12.1 Å². The van der Waals surface area contributed by atoms with Crippen molar-refractivity contribution >= 4 is 16.6 Å². The Labute approximate surface area is 81.6 Å². The quantitative estimate of drug-likeness (QED) is 0.750. The smallest absolute Gasteiger partial charge is 0.134 e. The summed E-state index contributed by atoms with van der Waals surface area (Å²) in [5, 5.41) is 1.24. The lowest BCUT2D eigenvalue weighted by molar-refractivity contribution is 0.624. The first kappa shape index (κ1) is 8.94. The average molecular weight is 190 g/mol. The molecule has 0 unspecified atom stereocenters. The number of fused-ring (bicyclic) bond motifs is 1. The van der Waals surface area contributed by atoms with Gasteiger partial charge in [-0.1, -0.05) is 19.1 Å². The van der Waals surface area contributed by atoms with Crippen LogP contribution in [0.4, 0.5) is 10.2 Å². The highest BCUT2D eigenvalue weighted by molar-refractivity contribution is 5.91. The fourth-order valence-corrected chi connectivity index (χ4v) is 1.56. The molecule has 0 radical (unpaired) electrons. The van der Waals surface area contributed by atoms with Gasteiger partial charge in [-0.05, 0) is 18.1 Å². The predicted octanol–water partition coefficient (Wildman–Crippen LogP) is 2.52. The van der Waals surface area contributed by atoms with Crippen molar-refractivity contribution in [3.63, 3.8) is 0 Å². The van der Waals surface area contributed by atoms with Crippen LogP contribution >= 0.6 is 0 Å². The Kier molecular flexibility index (Phi) is 2.08. The molecule has 0 aliphatic rings. The lowest BCUT2D eigenvalue weighted by Gasteiger charge is -2.05. The van der Waals surface area contributed by atoms with Crippen LogP contribution in [-0.2, 0) is 6.42 Å². The highest BCUT2D eigenvalue weighted by Crippen LogP contribution is 2.24. The zero-order valence-corrected chi connectivity index (χ0v) is 7.92. The van der Waals surface area contributed by atoms with Crippen molar-refractivity contribution in [2.75, 3.05) is 5.73 Å². The molecule has 1 aromatic carbocycles. The molecule has 0 saturated heterocycles. The summed E-state index contributed by atoms with van der Waals surface area (Å²) in [4.78, 5) is 3.92. The zero-order valence-electron chi connectivity index (χ0n) is 7.92. The van der Waals surface area contributed by atoms with Crippen molar-refractivity contribution in [3.05, 3.63) is 35.8 Å². The molecule has 14 heavy (non-hydrogen) atoms. The molecule has 0 bridgehead atoms. The highest BCUT2D eigenvalue weighted by Gasteiger charge is 2.07. The number of nitrogen functional groups attached to an aromatic ring is 1. The Morgan fingerprint density at radius 1 is 1.29 bits per heavy atom. The van der Waals surface area contributed by atoms with Crippen LogP contribution < -0.4 is 5.73 Å². The van der Waals surface area contributed by atoms with Gasteiger partial charge in [-0.15, -0.1) is 0 Å². The Morgan fingerprint density at radius 2 is 2.07 bits per heavy atom. The van der Waals surface area contributed by atoms with Gasteiger partial charge >= 0.3 is 0 Å². The van der Waals surface area contributed by atoms with E-state index in [1.165, 1.54) is 6.20 Å². The van der Waals surface area contributed by atoms with Gasteiger partial charge in [0.25, 0.3) is 0 Å². The monoisotopic (exact) mass is 190 g/mol. The first-order chi connectivity index (χ1) is 6.74. The molecular weight excluding hydrogens is 179 g/mol. The summed E-state index contributed by atoms with van der Waals surface area (Å²) >= 11 is 0. The lowest BCUT2D eigenvalue weighted by atomic mass is 10.1. The molecule has 1 aromatic heterocycles. The van der Waals surface area contributed by atoms with E-state index in [2.05, 4.69) is 4.98 Å². The number of aromatic nitrogens is 1. The van der Waals surface area contributed by atoms with Crippen LogP contribution in [0.2, 0.25) is 0 Å². The number of nitrogens with two attached hydrogens (primary N) is 1. The van der Waals surface area contributed by atoms with Crippen molar-refractivity contribution in [1.82, 2.24) is 4.98 Å². The van der Waals surface area contributed by atoms with Gasteiger partial charge in [0.1, 0.15) is 11.6 Å². The van der Waals surface area contributed by atoms with Gasteiger partial charge in [0.05, 0.1) is 0 Å². The van der Waals surface area contributed by atoms with Crippen LogP contribution in [0.5, 0.6) is 0 Å². The van der Waals surface area contributed by atoms with E-state index in [0.29, 0.717) is 28.6 Å². The Morgan fingerprint density at radius 3 is 2.79 bits per heavy atom. The van der Waals surface area contributed by atoms with Gasteiger partial charge in [-0.25, -0.2) is 9.37 Å². The molecule has 0 amide bonds. The van der Waals surface area contributed by atoms with Gasteiger partial charge in [-0.2, -0.15) is 0 Å². The third-order valence-corrected chi connectivity index (χ3v) is 2.37. The number of hydrogen-bond acceptors (Lipinski definition) is 2. The van der Waals surface area contributed by atoms with Crippen molar-refractivity contribution < 1.29 is 4.39 Å². The van der Waals surface area contributed by atoms with Crippen molar-refractivity contribution in [1.29, 1.82) is 0 Å². The van der Waals surface area contributed by atoms with Crippen LogP contribution in [-0.4, -0.2) is 4.98 Å². The molecule has 2 aromatic rings. The van der Waals surface area contributed by atoms with E-state index in [9.17, 15) is 4.39 Å². The summed E-state index contributed by atoms with van der Waals surface area (Å²) in [6.45, 7) is 1.93. The predicted molar refractivity (Wildman–Crippen MR) is 55.5 cm³/mol. The van der Waals surface area contributed by atoms with E-state index >= 15 is 0 Å². The summed E-state index contributed by atoms with van der Waals surface area (Å²) < 4.78 is 13.8. The second-order valence-corrected chi connectivity index (χ2v) is 3.18. The molecule has 1 heterocycles. The molecule has 0 spiro atoms. The van der Waals surface area contributed by atoms with Crippen LogP contribution in [0.25, 0.3) is 10.8 Å². The average Bonchev–Trinajstić information content (AvgIpc) is 2.20. The maximum absolute atomic E-state index is 13.8. The number of halogens is 1. The van der Waals surface area contributed by atoms with E-state index < -0.39 is 0 Å². The number of aryl methyl sites for hydroxylation is 1. The van der Waals surface area contributed by atoms with Gasteiger partial charge in [0, 0.05) is 17.0 Å². The maximum Gasteiger partial charge on any atom is 0.134 e. The number of nitrogens with zero attached hydrogens (tertiary/aromatic N) is 1. The van der Waals surface area contributed by atoms with E-state index in [1.807, 2.05) is 13.0 Å². The Balaban J connectivity index is 2.84. The summed E-state index contributed by atoms with van der Waals surface area (Å²) in [5.74, 6) is 0.197. The summed E-state index contributed by atoms with van der Waals surface area (Å²) in [6.07, 6.45) is 2.21. The molecule has 0 saturated carbocycles. The van der Waals surface area contributed by atoms with E-state index in [-0.39, 0.29) is 5.82 Å². The van der Waals surface area contributed by atoms with Crippen LogP contribution in [0, 0.1) is 5.82 Å². The highest BCUT2D eigenvalue weighted by atomic mass is 19.1. The number of anilines is 1. The molecule has 2 rings (SSSR count). The Bertz CT molecular complexity index is 480. The van der Waals surface area contributed by atoms with Crippen molar-refractivity contribution in [2.45, 2.75) is 13.3 Å². The largest absolute Gasteiger partial charge is 0.383 e. The third-order valence-electron chi connectivity index (χ3n) is 2.37. The SMILES string of the molecule is CCc1ccc2c(N)nccc2c1F. The molecule has 0 atom stereocenters. The van der Waals surface area contributed by atoms with Crippen LogP contribution in [0.15, 0.2) is 24.4 Å². The second kappa shape index (κ2) is 3.25. The maximum atomic E-state index is 13.8. The first-order valence-corrected chi connectivity index (χ1v) is 4.55. The molecular formula is C11H11FN2. The van der Waals surface area contributed by atoms with E-state index in [0.717, 1.165) is 0 Å². The fourth-order valence-electron chi connectivity index (χ4n) is 1.56. The molecule has 72 valence electrons. The standard InChI is InChI=1S/C11H11FN2/c1-2-7-3-4-9-8(10(7)12)5-6-14-11(9)13/h3-6H,2H2,1H3,(H2,13,14). The van der Waals surface area contributed by atoms with Gasteiger partial charge in [-0.3, -0.25) is 0 Å². The zero-order chi connectivity index (χ0) is 10.1. The Hall–Kier alpha value is -1.64. The second-order valence-electron chi connectivity index (χ2n) is 3.18. The van der Waals surface area contributed by atoms with Gasteiger partial charge < -0.3 is 5.73 Å². The minimum absolute atomic E-state index is 0.181.